The molecule has 0 unspecified atom stereocenters. The van der Waals surface area contributed by atoms with Crippen molar-refractivity contribution in [3.05, 3.63) is 40.0 Å². The van der Waals surface area contributed by atoms with Crippen LogP contribution in [0, 0.1) is 0 Å². The maximum atomic E-state index is 5.87. The van der Waals surface area contributed by atoms with E-state index in [0.29, 0.717) is 5.02 Å². The lowest BCUT2D eigenvalue weighted by Crippen LogP contribution is -1.82. The summed E-state index contributed by atoms with van der Waals surface area (Å²) in [6.07, 6.45) is 1.62. The molecule has 96 valence electrons. The highest BCUT2D eigenvalue weighted by Crippen LogP contribution is 2.37. The number of hydrogen-bond donors (Lipinski definition) is 1. The minimum absolute atomic E-state index is 0.605. The first-order valence-electron chi connectivity index (χ1n) is 5.27. The summed E-state index contributed by atoms with van der Waals surface area (Å²) in [6.45, 7) is 0. The van der Waals surface area contributed by atoms with E-state index in [0.717, 1.165) is 29.7 Å². The quantitative estimate of drug-likeness (QED) is 0.654. The van der Waals surface area contributed by atoms with Crippen LogP contribution in [0.15, 0.2) is 44.3 Å². The van der Waals surface area contributed by atoms with Crippen molar-refractivity contribution in [2.75, 3.05) is 5.73 Å². The number of thiazole rings is 1. The summed E-state index contributed by atoms with van der Waals surface area (Å²) in [6, 6.07) is 7.53. The van der Waals surface area contributed by atoms with Crippen molar-refractivity contribution in [1.82, 2.24) is 9.97 Å². The first-order valence-corrected chi connectivity index (χ1v) is 8.07. The molecular formula is C12H7BrClN3S2. The molecule has 2 N–H and O–H groups in total. The van der Waals surface area contributed by atoms with Crippen LogP contribution in [0.1, 0.15) is 0 Å². The van der Waals surface area contributed by atoms with E-state index in [1.54, 1.807) is 17.5 Å². The summed E-state index contributed by atoms with van der Waals surface area (Å²) in [5.74, 6) is 0. The predicted molar refractivity (Wildman–Crippen MR) is 85.1 cm³/mol. The number of hydrogen-bond acceptors (Lipinski definition) is 5. The monoisotopic (exact) mass is 371 g/mol. The Morgan fingerprint density at radius 3 is 2.95 bits per heavy atom. The van der Waals surface area contributed by atoms with Gasteiger partial charge in [-0.1, -0.05) is 11.6 Å². The minimum Gasteiger partial charge on any atom is -0.399 e. The van der Waals surface area contributed by atoms with Gasteiger partial charge < -0.3 is 5.73 Å². The highest BCUT2D eigenvalue weighted by atomic mass is 79.9. The molecule has 2 aromatic heterocycles. The molecule has 0 amide bonds. The van der Waals surface area contributed by atoms with Gasteiger partial charge in [-0.25, -0.2) is 9.97 Å². The summed E-state index contributed by atoms with van der Waals surface area (Å²) < 4.78 is 2.87. The van der Waals surface area contributed by atoms with Gasteiger partial charge in [0.15, 0.2) is 4.34 Å². The summed E-state index contributed by atoms with van der Waals surface area (Å²) in [7, 11) is 0. The van der Waals surface area contributed by atoms with E-state index in [1.807, 2.05) is 24.3 Å². The Labute approximate surface area is 131 Å². The smallest absolute Gasteiger partial charge is 0.157 e. The van der Waals surface area contributed by atoms with Crippen LogP contribution in [0.5, 0.6) is 0 Å². The Morgan fingerprint density at radius 2 is 2.16 bits per heavy atom. The number of halogens is 2. The second-order valence-corrected chi connectivity index (χ2v) is 7.31. The van der Waals surface area contributed by atoms with Crippen LogP contribution in [0.4, 0.5) is 5.69 Å². The Kier molecular flexibility index (Phi) is 3.66. The first kappa shape index (κ1) is 13.2. The number of nitrogen functional groups attached to an aromatic ring is 1. The number of aromatic nitrogens is 2. The second kappa shape index (κ2) is 5.28. The molecule has 0 spiro atoms. The summed E-state index contributed by atoms with van der Waals surface area (Å²) >= 11 is 12.4. The van der Waals surface area contributed by atoms with Gasteiger partial charge in [0.1, 0.15) is 5.03 Å². The van der Waals surface area contributed by atoms with Gasteiger partial charge in [0.05, 0.1) is 19.7 Å². The van der Waals surface area contributed by atoms with Gasteiger partial charge in [-0.3, -0.25) is 0 Å². The summed E-state index contributed by atoms with van der Waals surface area (Å²) in [4.78, 5) is 8.83. The molecule has 0 fully saturated rings. The number of pyridine rings is 1. The zero-order valence-corrected chi connectivity index (χ0v) is 13.4. The number of fused-ring (bicyclic) bond motifs is 1. The van der Waals surface area contributed by atoms with Crippen molar-refractivity contribution in [2.45, 2.75) is 9.37 Å². The maximum Gasteiger partial charge on any atom is 0.157 e. The van der Waals surface area contributed by atoms with E-state index in [1.165, 1.54) is 11.8 Å². The molecule has 0 radical (unpaired) electrons. The summed E-state index contributed by atoms with van der Waals surface area (Å²) in [5, 5.41) is 1.45. The molecule has 3 nitrogen and oxygen atoms in total. The third kappa shape index (κ3) is 2.86. The van der Waals surface area contributed by atoms with Gasteiger partial charge in [0, 0.05) is 11.9 Å². The van der Waals surface area contributed by atoms with Crippen LogP contribution >= 0.6 is 50.6 Å². The zero-order valence-electron chi connectivity index (χ0n) is 9.43. The Balaban J connectivity index is 1.96. The van der Waals surface area contributed by atoms with Crippen molar-refractivity contribution in [3.8, 4) is 0 Å². The van der Waals surface area contributed by atoms with Crippen LogP contribution < -0.4 is 5.73 Å². The molecule has 0 saturated carbocycles. The number of anilines is 1. The van der Waals surface area contributed by atoms with E-state index in [-0.39, 0.29) is 0 Å². The minimum atomic E-state index is 0.605. The fourth-order valence-electron chi connectivity index (χ4n) is 1.52. The number of nitrogens with two attached hydrogens (primary N) is 1. The highest BCUT2D eigenvalue weighted by molar-refractivity contribution is 9.10. The van der Waals surface area contributed by atoms with E-state index >= 15 is 0 Å². The molecule has 3 rings (SSSR count). The van der Waals surface area contributed by atoms with Gasteiger partial charge in [0.25, 0.3) is 0 Å². The van der Waals surface area contributed by atoms with E-state index in [9.17, 15) is 0 Å². The molecule has 0 aliphatic carbocycles. The highest BCUT2D eigenvalue weighted by Gasteiger charge is 2.09. The molecular weight excluding hydrogens is 366 g/mol. The zero-order chi connectivity index (χ0) is 13.4. The third-order valence-electron chi connectivity index (χ3n) is 2.35. The largest absolute Gasteiger partial charge is 0.399 e. The predicted octanol–water partition coefficient (Wildman–Crippen LogP) is 4.84. The summed E-state index contributed by atoms with van der Waals surface area (Å²) in [5.41, 5.74) is 7.46. The van der Waals surface area contributed by atoms with Crippen molar-refractivity contribution < 1.29 is 0 Å². The number of rotatable bonds is 2. The molecule has 0 atom stereocenters. The fraction of sp³-hybridized carbons (Fsp3) is 0. The van der Waals surface area contributed by atoms with Crippen molar-refractivity contribution >= 4 is 66.5 Å². The van der Waals surface area contributed by atoms with Crippen LogP contribution in [-0.4, -0.2) is 9.97 Å². The van der Waals surface area contributed by atoms with Crippen molar-refractivity contribution in [1.29, 1.82) is 0 Å². The van der Waals surface area contributed by atoms with Gasteiger partial charge in [-0.05, 0) is 52.0 Å². The maximum absolute atomic E-state index is 5.87. The fourth-order valence-corrected chi connectivity index (χ4v) is 4.39. The van der Waals surface area contributed by atoms with Crippen molar-refractivity contribution in [3.63, 3.8) is 0 Å². The molecule has 1 aromatic carbocycles. The van der Waals surface area contributed by atoms with Gasteiger partial charge >= 0.3 is 0 Å². The molecule has 0 saturated heterocycles. The average molecular weight is 373 g/mol. The lowest BCUT2D eigenvalue weighted by molar-refractivity contribution is 1.10. The van der Waals surface area contributed by atoms with E-state index < -0.39 is 0 Å². The van der Waals surface area contributed by atoms with E-state index in [4.69, 9.17) is 17.3 Å². The van der Waals surface area contributed by atoms with Gasteiger partial charge in [-0.2, -0.15) is 0 Å². The van der Waals surface area contributed by atoms with Crippen LogP contribution in [-0.2, 0) is 0 Å². The standard InChI is InChI=1S/C12H7BrClN3S2/c13-8-3-6(14)5-16-11(8)19-12-17-9-2-1-7(15)4-10(9)18-12/h1-5H,15H2. The lowest BCUT2D eigenvalue weighted by Gasteiger charge is -2.00. The molecule has 7 heteroatoms. The molecule has 19 heavy (non-hydrogen) atoms. The lowest BCUT2D eigenvalue weighted by atomic mass is 10.3. The topological polar surface area (TPSA) is 51.8 Å². The van der Waals surface area contributed by atoms with Crippen LogP contribution in [0.2, 0.25) is 5.02 Å². The number of benzene rings is 1. The van der Waals surface area contributed by atoms with Gasteiger partial charge in [-0.15, -0.1) is 11.3 Å². The molecule has 3 aromatic rings. The van der Waals surface area contributed by atoms with Crippen molar-refractivity contribution in [2.24, 2.45) is 0 Å². The normalized spacial score (nSPS) is 11.1. The molecule has 0 bridgehead atoms. The second-order valence-electron chi connectivity index (χ2n) is 3.75. The molecule has 0 aliphatic heterocycles. The average Bonchev–Trinajstić information content (AvgIpc) is 2.74. The van der Waals surface area contributed by atoms with Crippen LogP contribution in [0.3, 0.4) is 0 Å². The Bertz CT molecular complexity index is 760. The SMILES string of the molecule is Nc1ccc2nc(Sc3ncc(Cl)cc3Br)sc2c1. The van der Waals surface area contributed by atoms with E-state index in [2.05, 4.69) is 25.9 Å². The number of nitrogens with zero attached hydrogens (tertiary/aromatic N) is 2. The van der Waals surface area contributed by atoms with Gasteiger partial charge in [0.2, 0.25) is 0 Å². The third-order valence-corrected chi connectivity index (χ3v) is 5.52. The molecule has 2 heterocycles. The first-order chi connectivity index (χ1) is 9.11. The van der Waals surface area contributed by atoms with Crippen LogP contribution in [0.25, 0.3) is 10.2 Å². The molecule has 0 aliphatic rings. The Hall–Kier alpha value is -0.820. The Morgan fingerprint density at radius 1 is 1.32 bits per heavy atom.